The van der Waals surface area contributed by atoms with Gasteiger partial charge < -0.3 is 9.47 Å². The zero-order chi connectivity index (χ0) is 20.2. The van der Waals surface area contributed by atoms with Crippen LogP contribution in [0.25, 0.3) is 10.2 Å². The third-order valence-electron chi connectivity index (χ3n) is 5.06. The summed E-state index contributed by atoms with van der Waals surface area (Å²) in [5.41, 5.74) is 3.09. The van der Waals surface area contributed by atoms with E-state index in [2.05, 4.69) is 19.1 Å². The highest BCUT2D eigenvalue weighted by Gasteiger charge is 2.26. The summed E-state index contributed by atoms with van der Waals surface area (Å²) in [7, 11) is 0. The molecule has 1 amide bonds. The normalized spacial score (nSPS) is 16.3. The fourth-order valence-electron chi connectivity index (χ4n) is 3.55. The van der Waals surface area contributed by atoms with Gasteiger partial charge in [0.2, 0.25) is 5.91 Å². The molecular formula is C23H26N2O3S. The molecule has 2 aromatic carbocycles. The number of ether oxygens (including phenoxy) is 2. The quantitative estimate of drug-likeness (QED) is 0.564. The molecule has 0 unspecified atom stereocenters. The van der Waals surface area contributed by atoms with E-state index >= 15 is 0 Å². The van der Waals surface area contributed by atoms with E-state index in [1.807, 2.05) is 42.2 Å². The summed E-state index contributed by atoms with van der Waals surface area (Å²) in [5.74, 6) is 0.863. The Morgan fingerprint density at radius 1 is 1.28 bits per heavy atom. The van der Waals surface area contributed by atoms with Gasteiger partial charge in [-0.05, 0) is 62.1 Å². The van der Waals surface area contributed by atoms with Gasteiger partial charge in [0, 0.05) is 6.61 Å². The Morgan fingerprint density at radius 2 is 2.10 bits per heavy atom. The molecule has 1 saturated heterocycles. The molecule has 2 heterocycles. The van der Waals surface area contributed by atoms with E-state index in [0.717, 1.165) is 46.1 Å². The number of thiazole rings is 1. The van der Waals surface area contributed by atoms with E-state index in [-0.39, 0.29) is 12.0 Å². The lowest BCUT2D eigenvalue weighted by Gasteiger charge is -2.23. The number of rotatable bonds is 7. The number of nitrogens with zero attached hydrogens (tertiary/aromatic N) is 2. The monoisotopic (exact) mass is 410 g/mol. The van der Waals surface area contributed by atoms with Gasteiger partial charge >= 0.3 is 0 Å². The fourth-order valence-corrected chi connectivity index (χ4v) is 4.64. The number of benzene rings is 2. The molecule has 0 N–H and O–H groups in total. The van der Waals surface area contributed by atoms with Crippen molar-refractivity contribution in [2.75, 3.05) is 24.7 Å². The number of aromatic nitrogens is 1. The van der Waals surface area contributed by atoms with E-state index in [1.54, 1.807) is 11.3 Å². The molecule has 4 rings (SSSR count). The molecule has 1 aliphatic rings. The zero-order valence-electron chi connectivity index (χ0n) is 16.9. The summed E-state index contributed by atoms with van der Waals surface area (Å²) < 4.78 is 12.4. The molecule has 3 aromatic rings. The van der Waals surface area contributed by atoms with E-state index < -0.39 is 0 Å². The van der Waals surface area contributed by atoms with Crippen molar-refractivity contribution in [2.45, 2.75) is 39.2 Å². The number of aryl methyl sites for hydroxylation is 1. The molecule has 1 aromatic heterocycles. The first-order valence-corrected chi connectivity index (χ1v) is 10.9. The molecule has 6 heteroatoms. The molecule has 0 bridgehead atoms. The van der Waals surface area contributed by atoms with Gasteiger partial charge in [0.1, 0.15) is 5.75 Å². The van der Waals surface area contributed by atoms with Crippen LogP contribution in [0.15, 0.2) is 42.5 Å². The predicted molar refractivity (Wildman–Crippen MR) is 117 cm³/mol. The lowest BCUT2D eigenvalue weighted by atomic mass is 10.1. The molecule has 0 spiro atoms. The molecule has 0 radical (unpaired) electrons. The molecule has 1 aliphatic heterocycles. The van der Waals surface area contributed by atoms with E-state index in [0.29, 0.717) is 19.6 Å². The first-order chi connectivity index (χ1) is 14.1. The third kappa shape index (κ3) is 4.77. The maximum absolute atomic E-state index is 13.3. The van der Waals surface area contributed by atoms with Crippen LogP contribution in [0.2, 0.25) is 0 Å². The van der Waals surface area contributed by atoms with E-state index in [1.165, 1.54) is 5.56 Å². The Morgan fingerprint density at radius 3 is 2.83 bits per heavy atom. The molecule has 1 fully saturated rings. The summed E-state index contributed by atoms with van der Waals surface area (Å²) in [6, 6.07) is 13.9. The number of hydrogen-bond acceptors (Lipinski definition) is 5. The highest BCUT2D eigenvalue weighted by molar-refractivity contribution is 7.22. The smallest absolute Gasteiger partial charge is 0.233 e. The Hall–Kier alpha value is -2.44. The number of hydrogen-bond donors (Lipinski definition) is 0. The number of fused-ring (bicyclic) bond motifs is 1. The van der Waals surface area contributed by atoms with Crippen molar-refractivity contribution in [2.24, 2.45) is 0 Å². The minimum absolute atomic E-state index is 0.0421. The average Bonchev–Trinajstić information content (AvgIpc) is 3.36. The van der Waals surface area contributed by atoms with Crippen LogP contribution in [0.4, 0.5) is 5.13 Å². The Bertz CT molecular complexity index is 977. The van der Waals surface area contributed by atoms with Crippen LogP contribution in [0.1, 0.15) is 30.9 Å². The number of carbonyl (C=O) groups is 1. The summed E-state index contributed by atoms with van der Waals surface area (Å²) in [5, 5.41) is 0.747. The van der Waals surface area contributed by atoms with Crippen LogP contribution < -0.4 is 9.64 Å². The highest BCUT2D eigenvalue weighted by Crippen LogP contribution is 2.31. The van der Waals surface area contributed by atoms with Crippen molar-refractivity contribution < 1.29 is 14.3 Å². The van der Waals surface area contributed by atoms with Crippen molar-refractivity contribution in [3.63, 3.8) is 0 Å². The highest BCUT2D eigenvalue weighted by atomic mass is 32.1. The third-order valence-corrected chi connectivity index (χ3v) is 6.11. The standard InChI is InChI=1S/C23H26N2O3S/c1-3-27-18-9-7-17(8-10-18)14-22(26)25(15-19-5-4-12-28-19)23-24-20-11-6-16(2)13-21(20)29-23/h6-11,13,19H,3-5,12,14-15H2,1-2H3/t19-/m1/s1. The minimum Gasteiger partial charge on any atom is -0.494 e. The maximum atomic E-state index is 13.3. The number of carbonyl (C=O) groups excluding carboxylic acids is 1. The second kappa shape index (κ2) is 8.93. The van der Waals surface area contributed by atoms with Gasteiger partial charge in [-0.25, -0.2) is 4.98 Å². The molecule has 0 aliphatic carbocycles. The van der Waals surface area contributed by atoms with Crippen molar-refractivity contribution in [1.82, 2.24) is 4.98 Å². The van der Waals surface area contributed by atoms with Gasteiger partial charge in [0.05, 0.1) is 35.9 Å². The molecule has 29 heavy (non-hydrogen) atoms. The summed E-state index contributed by atoms with van der Waals surface area (Å²) in [4.78, 5) is 19.8. The van der Waals surface area contributed by atoms with Crippen molar-refractivity contribution in [3.8, 4) is 5.75 Å². The summed E-state index contributed by atoms with van der Waals surface area (Å²) in [6.45, 7) is 5.98. The van der Waals surface area contributed by atoms with Gasteiger partial charge in [0.15, 0.2) is 5.13 Å². The molecule has 5 nitrogen and oxygen atoms in total. The zero-order valence-corrected chi connectivity index (χ0v) is 17.7. The minimum atomic E-state index is 0.0421. The van der Waals surface area contributed by atoms with Crippen LogP contribution >= 0.6 is 11.3 Å². The largest absolute Gasteiger partial charge is 0.494 e. The molecule has 1 atom stereocenters. The maximum Gasteiger partial charge on any atom is 0.233 e. The second-order valence-corrected chi connectivity index (χ2v) is 8.37. The number of anilines is 1. The first-order valence-electron chi connectivity index (χ1n) is 10.1. The van der Waals surface area contributed by atoms with Gasteiger partial charge in [-0.3, -0.25) is 9.69 Å². The number of amides is 1. The van der Waals surface area contributed by atoms with E-state index in [4.69, 9.17) is 14.5 Å². The fraction of sp³-hybridized carbons (Fsp3) is 0.391. The van der Waals surface area contributed by atoms with Gasteiger partial charge in [-0.1, -0.05) is 29.5 Å². The first kappa shape index (κ1) is 19.9. The van der Waals surface area contributed by atoms with Crippen LogP contribution in [0, 0.1) is 6.92 Å². The Labute approximate surface area is 175 Å². The second-order valence-electron chi connectivity index (χ2n) is 7.36. The van der Waals surface area contributed by atoms with E-state index in [9.17, 15) is 4.79 Å². The van der Waals surface area contributed by atoms with Crippen molar-refractivity contribution in [3.05, 3.63) is 53.6 Å². The SMILES string of the molecule is CCOc1ccc(CC(=O)N(C[C@H]2CCCO2)c2nc3ccc(C)cc3s2)cc1. The molecular weight excluding hydrogens is 384 g/mol. The van der Waals surface area contributed by atoms with Crippen molar-refractivity contribution >= 4 is 32.6 Å². The van der Waals surface area contributed by atoms with Gasteiger partial charge in [-0.2, -0.15) is 0 Å². The average molecular weight is 411 g/mol. The predicted octanol–water partition coefficient (Wildman–Crippen LogP) is 4.76. The summed E-state index contributed by atoms with van der Waals surface area (Å²) >= 11 is 1.57. The van der Waals surface area contributed by atoms with Crippen molar-refractivity contribution in [1.29, 1.82) is 0 Å². The lowest BCUT2D eigenvalue weighted by Crippen LogP contribution is -2.38. The molecule has 0 saturated carbocycles. The van der Waals surface area contributed by atoms with Gasteiger partial charge in [-0.15, -0.1) is 0 Å². The van der Waals surface area contributed by atoms with Crippen LogP contribution in [0.3, 0.4) is 0 Å². The van der Waals surface area contributed by atoms with Crippen LogP contribution in [-0.2, 0) is 16.0 Å². The topological polar surface area (TPSA) is 51.7 Å². The van der Waals surface area contributed by atoms with Crippen LogP contribution in [0.5, 0.6) is 5.75 Å². The Balaban J connectivity index is 1.57. The lowest BCUT2D eigenvalue weighted by molar-refractivity contribution is -0.118. The molecule has 152 valence electrons. The van der Waals surface area contributed by atoms with Gasteiger partial charge in [0.25, 0.3) is 0 Å². The van der Waals surface area contributed by atoms with Crippen LogP contribution in [-0.4, -0.2) is 36.8 Å². The summed E-state index contributed by atoms with van der Waals surface area (Å²) in [6.07, 6.45) is 2.43. The Kier molecular flexibility index (Phi) is 6.11.